The minimum atomic E-state index is 0.0408. The Morgan fingerprint density at radius 2 is 2.25 bits per heavy atom. The fourth-order valence-corrected chi connectivity index (χ4v) is 2.19. The number of carbonyl (C=O) groups is 1. The molecule has 0 spiro atoms. The molecule has 0 saturated carbocycles. The van der Waals surface area contributed by atoms with E-state index in [1.165, 1.54) is 12.8 Å². The molecule has 1 amide bonds. The van der Waals surface area contributed by atoms with Crippen molar-refractivity contribution in [2.45, 2.75) is 32.6 Å². The lowest BCUT2D eigenvalue weighted by Crippen LogP contribution is -2.34. The standard InChI is InChI=1S/C13H19NO2/c1-11-5-2-3-8-14(9-7-11)13(15)12-6-4-10-16-12/h4,6,10-11H,2-3,5,7-9H2,1H3. The number of rotatable bonds is 1. The molecule has 1 aromatic heterocycles. The maximum Gasteiger partial charge on any atom is 0.289 e. The van der Waals surface area contributed by atoms with Crippen molar-refractivity contribution in [1.29, 1.82) is 0 Å². The number of amides is 1. The van der Waals surface area contributed by atoms with Crippen LogP contribution in [0, 0.1) is 5.92 Å². The first-order valence-electron chi connectivity index (χ1n) is 6.10. The average Bonchev–Trinajstić information content (AvgIpc) is 2.77. The quantitative estimate of drug-likeness (QED) is 0.730. The van der Waals surface area contributed by atoms with Crippen LogP contribution < -0.4 is 0 Å². The van der Waals surface area contributed by atoms with E-state index >= 15 is 0 Å². The lowest BCUT2D eigenvalue weighted by Gasteiger charge is -2.26. The highest BCUT2D eigenvalue weighted by Crippen LogP contribution is 2.18. The van der Waals surface area contributed by atoms with Crippen LogP contribution in [0.3, 0.4) is 0 Å². The summed E-state index contributed by atoms with van der Waals surface area (Å²) in [6.07, 6.45) is 6.29. The molecule has 16 heavy (non-hydrogen) atoms. The summed E-state index contributed by atoms with van der Waals surface area (Å²) in [7, 11) is 0. The van der Waals surface area contributed by atoms with Crippen LogP contribution in [-0.2, 0) is 0 Å². The van der Waals surface area contributed by atoms with Gasteiger partial charge >= 0.3 is 0 Å². The van der Waals surface area contributed by atoms with E-state index in [9.17, 15) is 4.79 Å². The lowest BCUT2D eigenvalue weighted by molar-refractivity contribution is 0.0700. The first-order chi connectivity index (χ1) is 7.77. The maximum absolute atomic E-state index is 12.1. The predicted molar refractivity (Wildman–Crippen MR) is 62.2 cm³/mol. The van der Waals surface area contributed by atoms with E-state index < -0.39 is 0 Å². The second-order valence-corrected chi connectivity index (χ2v) is 4.66. The largest absolute Gasteiger partial charge is 0.459 e. The third-order valence-electron chi connectivity index (χ3n) is 3.29. The summed E-state index contributed by atoms with van der Waals surface area (Å²) in [6, 6.07) is 3.50. The third kappa shape index (κ3) is 2.65. The van der Waals surface area contributed by atoms with E-state index in [1.54, 1.807) is 18.4 Å². The molecule has 3 heteroatoms. The number of nitrogens with zero attached hydrogens (tertiary/aromatic N) is 1. The Morgan fingerprint density at radius 1 is 1.38 bits per heavy atom. The Bertz CT molecular complexity index is 332. The molecule has 0 radical (unpaired) electrons. The molecule has 1 fully saturated rings. The lowest BCUT2D eigenvalue weighted by atomic mass is 9.98. The summed E-state index contributed by atoms with van der Waals surface area (Å²) < 4.78 is 5.16. The Hall–Kier alpha value is -1.25. The van der Waals surface area contributed by atoms with Crippen molar-refractivity contribution in [3.8, 4) is 0 Å². The van der Waals surface area contributed by atoms with E-state index in [-0.39, 0.29) is 5.91 Å². The van der Waals surface area contributed by atoms with Crippen LogP contribution >= 0.6 is 0 Å². The molecule has 1 saturated heterocycles. The predicted octanol–water partition coefficient (Wildman–Crippen LogP) is 2.93. The van der Waals surface area contributed by atoms with Gasteiger partial charge < -0.3 is 9.32 Å². The first-order valence-corrected chi connectivity index (χ1v) is 6.10. The highest BCUT2D eigenvalue weighted by atomic mass is 16.3. The molecular formula is C13H19NO2. The van der Waals surface area contributed by atoms with E-state index in [2.05, 4.69) is 6.92 Å². The Balaban J connectivity index is 1.99. The van der Waals surface area contributed by atoms with Crippen molar-refractivity contribution >= 4 is 5.91 Å². The molecule has 88 valence electrons. The molecular weight excluding hydrogens is 202 g/mol. The van der Waals surface area contributed by atoms with Gasteiger partial charge in [0.2, 0.25) is 0 Å². The van der Waals surface area contributed by atoms with Gasteiger partial charge in [-0.2, -0.15) is 0 Å². The number of hydrogen-bond acceptors (Lipinski definition) is 2. The van der Waals surface area contributed by atoms with Crippen LogP contribution in [0.4, 0.5) is 0 Å². The summed E-state index contributed by atoms with van der Waals surface area (Å²) in [4.78, 5) is 14.0. The van der Waals surface area contributed by atoms with Crippen LogP contribution in [0.1, 0.15) is 43.2 Å². The SMILES string of the molecule is CC1CCCCN(C(=O)c2ccco2)CC1. The second-order valence-electron chi connectivity index (χ2n) is 4.66. The summed E-state index contributed by atoms with van der Waals surface area (Å²) in [5.41, 5.74) is 0. The smallest absolute Gasteiger partial charge is 0.289 e. The molecule has 1 unspecified atom stereocenters. The van der Waals surface area contributed by atoms with Crippen molar-refractivity contribution in [2.75, 3.05) is 13.1 Å². The van der Waals surface area contributed by atoms with Crippen LogP contribution in [0.2, 0.25) is 0 Å². The van der Waals surface area contributed by atoms with Gasteiger partial charge in [0.25, 0.3) is 5.91 Å². The Morgan fingerprint density at radius 3 is 3.00 bits per heavy atom. The van der Waals surface area contributed by atoms with Crippen LogP contribution in [0.25, 0.3) is 0 Å². The summed E-state index contributed by atoms with van der Waals surface area (Å²) in [5.74, 6) is 1.24. The fraction of sp³-hybridized carbons (Fsp3) is 0.615. The molecule has 1 aliphatic rings. The average molecular weight is 221 g/mol. The van der Waals surface area contributed by atoms with Gasteiger partial charge in [-0.05, 0) is 30.9 Å². The van der Waals surface area contributed by atoms with Crippen molar-refractivity contribution in [2.24, 2.45) is 5.92 Å². The summed E-state index contributed by atoms with van der Waals surface area (Å²) in [5, 5.41) is 0. The number of hydrogen-bond donors (Lipinski definition) is 0. The molecule has 2 heterocycles. The van der Waals surface area contributed by atoms with Gasteiger partial charge in [-0.15, -0.1) is 0 Å². The molecule has 1 aromatic rings. The van der Waals surface area contributed by atoms with Crippen LogP contribution in [0.15, 0.2) is 22.8 Å². The monoisotopic (exact) mass is 221 g/mol. The van der Waals surface area contributed by atoms with Gasteiger partial charge in [0, 0.05) is 13.1 Å². The molecule has 1 aliphatic heterocycles. The van der Waals surface area contributed by atoms with E-state index in [0.29, 0.717) is 5.76 Å². The molecule has 1 atom stereocenters. The zero-order chi connectivity index (χ0) is 11.4. The Labute approximate surface area is 96.4 Å². The van der Waals surface area contributed by atoms with Gasteiger partial charge in [-0.1, -0.05) is 19.8 Å². The first kappa shape index (κ1) is 11.2. The van der Waals surface area contributed by atoms with Crippen LogP contribution in [-0.4, -0.2) is 23.9 Å². The van der Waals surface area contributed by atoms with E-state index in [1.807, 2.05) is 4.90 Å². The van der Waals surface area contributed by atoms with Crippen LogP contribution in [0.5, 0.6) is 0 Å². The van der Waals surface area contributed by atoms with Gasteiger partial charge in [-0.3, -0.25) is 4.79 Å². The normalized spacial score (nSPS) is 22.6. The van der Waals surface area contributed by atoms with Gasteiger partial charge in [0.1, 0.15) is 0 Å². The van der Waals surface area contributed by atoms with Crippen molar-refractivity contribution in [3.63, 3.8) is 0 Å². The van der Waals surface area contributed by atoms with Gasteiger partial charge in [0.05, 0.1) is 6.26 Å². The number of furan rings is 1. The van der Waals surface area contributed by atoms with E-state index in [4.69, 9.17) is 4.42 Å². The van der Waals surface area contributed by atoms with Gasteiger partial charge in [-0.25, -0.2) is 0 Å². The summed E-state index contributed by atoms with van der Waals surface area (Å²) in [6.45, 7) is 3.99. The number of likely N-dealkylation sites (tertiary alicyclic amines) is 1. The minimum absolute atomic E-state index is 0.0408. The Kier molecular flexibility index (Phi) is 3.65. The van der Waals surface area contributed by atoms with Crippen molar-refractivity contribution < 1.29 is 9.21 Å². The molecule has 0 bridgehead atoms. The fourth-order valence-electron chi connectivity index (χ4n) is 2.19. The molecule has 0 aromatic carbocycles. The van der Waals surface area contributed by atoms with E-state index in [0.717, 1.165) is 31.8 Å². The second kappa shape index (κ2) is 5.19. The third-order valence-corrected chi connectivity index (χ3v) is 3.29. The zero-order valence-corrected chi connectivity index (χ0v) is 9.82. The van der Waals surface area contributed by atoms with Gasteiger partial charge in [0.15, 0.2) is 5.76 Å². The molecule has 0 N–H and O–H groups in total. The minimum Gasteiger partial charge on any atom is -0.459 e. The van der Waals surface area contributed by atoms with Crippen molar-refractivity contribution in [3.05, 3.63) is 24.2 Å². The summed E-state index contributed by atoms with van der Waals surface area (Å²) >= 11 is 0. The number of carbonyl (C=O) groups excluding carboxylic acids is 1. The molecule has 2 rings (SSSR count). The highest BCUT2D eigenvalue weighted by Gasteiger charge is 2.20. The topological polar surface area (TPSA) is 33.5 Å². The molecule has 0 aliphatic carbocycles. The maximum atomic E-state index is 12.1. The highest BCUT2D eigenvalue weighted by molar-refractivity contribution is 5.91. The zero-order valence-electron chi connectivity index (χ0n) is 9.82. The van der Waals surface area contributed by atoms with Crippen molar-refractivity contribution in [1.82, 2.24) is 4.90 Å². The molecule has 3 nitrogen and oxygen atoms in total.